The molecule has 0 spiro atoms. The summed E-state index contributed by atoms with van der Waals surface area (Å²) in [7, 11) is -0.828. The molecule has 0 radical (unpaired) electrons. The molecule has 132 valence electrons. The maximum Gasteiger partial charge on any atom is 0.301 e. The number of hydrogen-bond donors (Lipinski definition) is 1. The molecule has 0 aliphatic heterocycles. The van der Waals surface area contributed by atoms with Gasteiger partial charge in [0.2, 0.25) is 0 Å². The van der Waals surface area contributed by atoms with E-state index in [1.165, 1.54) is 14.1 Å². The van der Waals surface area contributed by atoms with E-state index < -0.39 is 10.2 Å². The van der Waals surface area contributed by atoms with Gasteiger partial charge < -0.3 is 0 Å². The Balaban J connectivity index is 2.10. The van der Waals surface area contributed by atoms with Gasteiger partial charge >= 0.3 is 10.2 Å². The van der Waals surface area contributed by atoms with Crippen LogP contribution in [0.4, 0.5) is 5.69 Å². The van der Waals surface area contributed by atoms with E-state index in [2.05, 4.69) is 30.6 Å². The molecular formula is C15H15BrClN5O2S. The first kappa shape index (κ1) is 18.1. The number of nitrogens with zero attached hydrogens (tertiary/aromatic N) is 4. The van der Waals surface area contributed by atoms with Gasteiger partial charge in [0.15, 0.2) is 5.15 Å². The number of aromatic nitrogens is 3. The van der Waals surface area contributed by atoms with E-state index >= 15 is 0 Å². The Kier molecular flexibility index (Phi) is 4.76. The van der Waals surface area contributed by atoms with Crippen LogP contribution in [0, 0.1) is 6.92 Å². The van der Waals surface area contributed by atoms with Gasteiger partial charge in [-0.2, -0.15) is 12.7 Å². The lowest BCUT2D eigenvalue weighted by atomic mass is 10.2. The summed E-state index contributed by atoms with van der Waals surface area (Å²) in [6.07, 6.45) is 5.19. The molecule has 3 aromatic rings. The first-order valence-electron chi connectivity index (χ1n) is 7.18. The number of aryl methyl sites for hydroxylation is 1. The van der Waals surface area contributed by atoms with Gasteiger partial charge in [0.1, 0.15) is 5.65 Å². The van der Waals surface area contributed by atoms with Crippen LogP contribution in [0.25, 0.3) is 16.9 Å². The number of rotatable bonds is 4. The predicted molar refractivity (Wildman–Crippen MR) is 102 cm³/mol. The third kappa shape index (κ3) is 3.50. The van der Waals surface area contributed by atoms with Crippen LogP contribution in [-0.4, -0.2) is 41.2 Å². The maximum atomic E-state index is 12.0. The summed E-state index contributed by atoms with van der Waals surface area (Å²) in [4.78, 5) is 8.48. The molecule has 0 aromatic carbocycles. The third-order valence-corrected chi connectivity index (χ3v) is 6.22. The Morgan fingerprint density at radius 2 is 1.96 bits per heavy atom. The Labute approximate surface area is 159 Å². The highest BCUT2D eigenvalue weighted by Gasteiger charge is 2.17. The second kappa shape index (κ2) is 6.56. The van der Waals surface area contributed by atoms with Crippen LogP contribution in [0.5, 0.6) is 0 Å². The van der Waals surface area contributed by atoms with E-state index in [-0.39, 0.29) is 10.8 Å². The van der Waals surface area contributed by atoms with Crippen LogP contribution >= 0.6 is 27.5 Å². The SMILES string of the molecule is Cc1cc2ncc(-c3cnc(Cl)c(NS(=O)(=O)N(C)C)c3)n2cc1Br. The van der Waals surface area contributed by atoms with E-state index in [9.17, 15) is 8.42 Å². The molecule has 25 heavy (non-hydrogen) atoms. The van der Waals surface area contributed by atoms with Crippen molar-refractivity contribution in [2.45, 2.75) is 6.92 Å². The number of halogens is 2. The fraction of sp³-hybridized carbons (Fsp3) is 0.200. The molecular weight excluding hydrogens is 430 g/mol. The summed E-state index contributed by atoms with van der Waals surface area (Å²) in [6, 6.07) is 3.58. The molecule has 7 nitrogen and oxygen atoms in total. The highest BCUT2D eigenvalue weighted by Crippen LogP contribution is 2.29. The zero-order valence-electron chi connectivity index (χ0n) is 13.7. The highest BCUT2D eigenvalue weighted by atomic mass is 79.9. The molecule has 0 bridgehead atoms. The highest BCUT2D eigenvalue weighted by molar-refractivity contribution is 9.10. The van der Waals surface area contributed by atoms with E-state index in [1.54, 1.807) is 18.5 Å². The van der Waals surface area contributed by atoms with Gasteiger partial charge in [0, 0.05) is 36.5 Å². The Morgan fingerprint density at radius 3 is 2.64 bits per heavy atom. The van der Waals surface area contributed by atoms with E-state index in [0.717, 1.165) is 25.7 Å². The topological polar surface area (TPSA) is 79.6 Å². The normalized spacial score (nSPS) is 12.1. The lowest BCUT2D eigenvalue weighted by Crippen LogP contribution is -2.29. The molecule has 0 aliphatic carbocycles. The van der Waals surface area contributed by atoms with Gasteiger partial charge in [-0.15, -0.1) is 0 Å². The van der Waals surface area contributed by atoms with Crippen molar-refractivity contribution in [2.75, 3.05) is 18.8 Å². The first-order valence-corrected chi connectivity index (χ1v) is 9.79. The molecule has 3 heterocycles. The van der Waals surface area contributed by atoms with Crippen molar-refractivity contribution in [3.63, 3.8) is 0 Å². The monoisotopic (exact) mass is 443 g/mol. The standard InChI is InChI=1S/C15H15BrClN5O2S/c1-9-4-14-18-7-13(22(14)8-11(9)16)10-5-12(15(17)19-6-10)20-25(23,24)21(2)3/h4-8,20H,1-3H3. The molecule has 3 rings (SSSR count). The maximum absolute atomic E-state index is 12.0. The summed E-state index contributed by atoms with van der Waals surface area (Å²) in [5, 5.41) is 0.0695. The smallest absolute Gasteiger partial charge is 0.298 e. The molecule has 10 heteroatoms. The molecule has 0 aliphatic rings. The van der Waals surface area contributed by atoms with Crippen LogP contribution in [0.2, 0.25) is 5.15 Å². The lowest BCUT2D eigenvalue weighted by molar-refractivity contribution is 0.527. The predicted octanol–water partition coefficient (Wildman–Crippen LogP) is 3.34. The minimum absolute atomic E-state index is 0.0695. The largest absolute Gasteiger partial charge is 0.301 e. The summed E-state index contributed by atoms with van der Waals surface area (Å²) < 4.78 is 30.4. The molecule has 3 aromatic heterocycles. The summed E-state index contributed by atoms with van der Waals surface area (Å²) in [6.45, 7) is 1.98. The van der Waals surface area contributed by atoms with Gasteiger partial charge in [0.05, 0.1) is 17.6 Å². The lowest BCUT2D eigenvalue weighted by Gasteiger charge is -2.14. The minimum atomic E-state index is -3.69. The molecule has 0 saturated heterocycles. The fourth-order valence-electron chi connectivity index (χ4n) is 2.20. The van der Waals surface area contributed by atoms with Crippen molar-refractivity contribution in [3.05, 3.63) is 45.9 Å². The third-order valence-electron chi connectivity index (χ3n) is 3.64. The average molecular weight is 445 g/mol. The van der Waals surface area contributed by atoms with Gasteiger partial charge in [0.25, 0.3) is 0 Å². The number of anilines is 1. The van der Waals surface area contributed by atoms with Crippen molar-refractivity contribution in [1.29, 1.82) is 0 Å². The Morgan fingerprint density at radius 1 is 1.24 bits per heavy atom. The quantitative estimate of drug-likeness (QED) is 0.626. The number of hydrogen-bond acceptors (Lipinski definition) is 4. The fourth-order valence-corrected chi connectivity index (χ4v) is 3.34. The van der Waals surface area contributed by atoms with Crippen LogP contribution in [0.3, 0.4) is 0 Å². The number of imidazole rings is 1. The Hall–Kier alpha value is -1.68. The van der Waals surface area contributed by atoms with E-state index in [1.807, 2.05) is 23.6 Å². The summed E-state index contributed by atoms with van der Waals surface area (Å²) in [5.74, 6) is 0. The van der Waals surface area contributed by atoms with Crippen molar-refractivity contribution >= 4 is 49.1 Å². The zero-order chi connectivity index (χ0) is 18.4. The van der Waals surface area contributed by atoms with Crippen molar-refractivity contribution in [2.24, 2.45) is 0 Å². The van der Waals surface area contributed by atoms with Crippen molar-refractivity contribution < 1.29 is 8.42 Å². The van der Waals surface area contributed by atoms with Crippen molar-refractivity contribution in [3.8, 4) is 11.3 Å². The van der Waals surface area contributed by atoms with Crippen molar-refractivity contribution in [1.82, 2.24) is 18.7 Å². The molecule has 0 saturated carbocycles. The average Bonchev–Trinajstić information content (AvgIpc) is 2.92. The van der Waals surface area contributed by atoms with Crippen LogP contribution in [0.15, 0.2) is 35.2 Å². The van der Waals surface area contributed by atoms with Gasteiger partial charge in [-0.1, -0.05) is 11.6 Å². The van der Waals surface area contributed by atoms with Crippen LogP contribution in [-0.2, 0) is 10.2 Å². The summed E-state index contributed by atoms with van der Waals surface area (Å²) in [5.41, 5.74) is 3.50. The number of pyridine rings is 2. The van der Waals surface area contributed by atoms with Gasteiger partial charge in [-0.25, -0.2) is 9.97 Å². The van der Waals surface area contributed by atoms with Crippen LogP contribution < -0.4 is 4.72 Å². The second-order valence-corrected chi connectivity index (χ2v) is 8.72. The molecule has 0 amide bonds. The van der Waals surface area contributed by atoms with Gasteiger partial charge in [-0.3, -0.25) is 9.12 Å². The number of nitrogens with one attached hydrogen (secondary N) is 1. The number of fused-ring (bicyclic) bond motifs is 1. The molecule has 0 atom stereocenters. The van der Waals surface area contributed by atoms with Gasteiger partial charge in [-0.05, 0) is 40.5 Å². The minimum Gasteiger partial charge on any atom is -0.298 e. The Bertz CT molecular complexity index is 1070. The molecule has 1 N–H and O–H groups in total. The first-order chi connectivity index (χ1) is 11.7. The second-order valence-electron chi connectivity index (χ2n) is 5.63. The zero-order valence-corrected chi connectivity index (χ0v) is 16.8. The van der Waals surface area contributed by atoms with E-state index in [4.69, 9.17) is 11.6 Å². The molecule has 0 unspecified atom stereocenters. The van der Waals surface area contributed by atoms with E-state index in [0.29, 0.717) is 5.56 Å². The van der Waals surface area contributed by atoms with Crippen LogP contribution in [0.1, 0.15) is 5.56 Å². The molecule has 0 fully saturated rings. The summed E-state index contributed by atoms with van der Waals surface area (Å²) >= 11 is 9.55.